The van der Waals surface area contributed by atoms with Crippen LogP contribution in [0.25, 0.3) is 16.9 Å². The Hall–Kier alpha value is -2.37. The Balaban J connectivity index is 1.24. The molecule has 2 aliphatic rings. The molecule has 0 bridgehead atoms. The molecule has 11 heteroatoms. The number of likely N-dealkylation sites (tertiary alicyclic amines) is 1. The van der Waals surface area contributed by atoms with Gasteiger partial charge < -0.3 is 9.42 Å². The number of hydrogen-bond donors (Lipinski definition) is 0. The lowest BCUT2D eigenvalue weighted by Gasteiger charge is -2.39. The minimum Gasteiger partial charge on any atom is -0.337 e. The van der Waals surface area contributed by atoms with Crippen molar-refractivity contribution >= 4 is 20.9 Å². The highest BCUT2D eigenvalue weighted by molar-refractivity contribution is 7.88. The molecule has 2 saturated heterocycles. The first-order valence-electron chi connectivity index (χ1n) is 11.4. The molecule has 9 nitrogen and oxygen atoms in total. The topological polar surface area (TPSA) is 97.4 Å². The molecule has 33 heavy (non-hydrogen) atoms. The Kier molecular flexibility index (Phi) is 5.74. The lowest BCUT2D eigenvalue weighted by Crippen LogP contribution is -2.53. The largest absolute Gasteiger partial charge is 0.337 e. The van der Waals surface area contributed by atoms with Gasteiger partial charge in [-0.1, -0.05) is 26.0 Å². The SMILES string of the molecule is CC(C)c1nn(-c2noc(C[C@H]3CCN(CC4CN(S(C)(=O)=O)C4)C3)n2)c2c(F)cccc12. The molecule has 0 aliphatic carbocycles. The Morgan fingerprint density at radius 2 is 2.00 bits per heavy atom. The molecule has 5 rings (SSSR count). The molecule has 3 aromatic rings. The lowest BCUT2D eigenvalue weighted by atomic mass is 10.0. The van der Waals surface area contributed by atoms with Gasteiger partial charge in [0.15, 0.2) is 0 Å². The maximum absolute atomic E-state index is 14.6. The molecule has 0 unspecified atom stereocenters. The first-order chi connectivity index (χ1) is 15.7. The summed E-state index contributed by atoms with van der Waals surface area (Å²) in [7, 11) is -3.07. The van der Waals surface area contributed by atoms with E-state index in [1.807, 2.05) is 19.9 Å². The van der Waals surface area contributed by atoms with Crippen molar-refractivity contribution in [3.63, 3.8) is 0 Å². The van der Waals surface area contributed by atoms with Crippen LogP contribution >= 0.6 is 0 Å². The maximum atomic E-state index is 14.6. The molecule has 1 aromatic carbocycles. The number of fused-ring (bicyclic) bond motifs is 1. The fraction of sp³-hybridized carbons (Fsp3) is 0.591. The number of rotatable bonds is 7. The van der Waals surface area contributed by atoms with Gasteiger partial charge in [-0.15, -0.1) is 0 Å². The van der Waals surface area contributed by atoms with Crippen LogP contribution in [0.1, 0.15) is 37.8 Å². The van der Waals surface area contributed by atoms with E-state index in [0.29, 0.717) is 42.8 Å². The number of sulfonamides is 1. The molecule has 2 fully saturated rings. The second kappa shape index (κ2) is 8.44. The van der Waals surface area contributed by atoms with E-state index in [-0.39, 0.29) is 17.7 Å². The van der Waals surface area contributed by atoms with Crippen LogP contribution in [0.5, 0.6) is 0 Å². The normalized spacial score (nSPS) is 20.8. The number of aromatic nitrogens is 4. The van der Waals surface area contributed by atoms with Crippen molar-refractivity contribution in [1.82, 2.24) is 29.1 Å². The molecule has 2 aliphatic heterocycles. The van der Waals surface area contributed by atoms with Gasteiger partial charge in [-0.05, 0) is 41.9 Å². The third-order valence-electron chi connectivity index (χ3n) is 6.62. The van der Waals surface area contributed by atoms with Crippen LogP contribution in [-0.4, -0.2) is 76.5 Å². The second-order valence-corrected chi connectivity index (χ2v) is 11.6. The average molecular weight is 477 g/mol. The summed E-state index contributed by atoms with van der Waals surface area (Å²) < 4.78 is 46.2. The molecule has 0 amide bonds. The van der Waals surface area contributed by atoms with Crippen molar-refractivity contribution in [2.75, 3.05) is 39.0 Å². The minimum atomic E-state index is -3.07. The van der Waals surface area contributed by atoms with Crippen LogP contribution in [0.15, 0.2) is 22.7 Å². The molecule has 178 valence electrons. The van der Waals surface area contributed by atoms with Crippen molar-refractivity contribution in [3.8, 4) is 5.95 Å². The Morgan fingerprint density at radius 3 is 2.73 bits per heavy atom. The van der Waals surface area contributed by atoms with Gasteiger partial charge >= 0.3 is 0 Å². The van der Waals surface area contributed by atoms with E-state index >= 15 is 0 Å². The van der Waals surface area contributed by atoms with Crippen LogP contribution in [0.2, 0.25) is 0 Å². The van der Waals surface area contributed by atoms with Crippen molar-refractivity contribution in [2.24, 2.45) is 11.8 Å². The smallest absolute Gasteiger partial charge is 0.291 e. The zero-order valence-corrected chi connectivity index (χ0v) is 19.9. The Bertz CT molecular complexity index is 1260. The lowest BCUT2D eigenvalue weighted by molar-refractivity contribution is 0.145. The highest BCUT2D eigenvalue weighted by Gasteiger charge is 2.35. The molecule has 0 radical (unpaired) electrons. The predicted octanol–water partition coefficient (Wildman–Crippen LogP) is 2.43. The highest BCUT2D eigenvalue weighted by Crippen LogP contribution is 2.29. The van der Waals surface area contributed by atoms with Gasteiger partial charge in [0.25, 0.3) is 5.95 Å². The Labute approximate surface area is 192 Å². The number of hydrogen-bond acceptors (Lipinski definition) is 7. The molecule has 2 aromatic heterocycles. The summed E-state index contributed by atoms with van der Waals surface area (Å²) in [6, 6.07) is 4.96. The Morgan fingerprint density at radius 1 is 1.21 bits per heavy atom. The van der Waals surface area contributed by atoms with Gasteiger partial charge in [-0.25, -0.2) is 17.1 Å². The van der Waals surface area contributed by atoms with E-state index in [2.05, 4.69) is 20.1 Å². The van der Waals surface area contributed by atoms with Gasteiger partial charge in [0.1, 0.15) is 11.3 Å². The van der Waals surface area contributed by atoms with Gasteiger partial charge in [-0.2, -0.15) is 14.8 Å². The molecule has 0 saturated carbocycles. The minimum absolute atomic E-state index is 0.131. The van der Waals surface area contributed by atoms with Crippen molar-refractivity contribution in [3.05, 3.63) is 35.6 Å². The van der Waals surface area contributed by atoms with Crippen LogP contribution in [-0.2, 0) is 16.4 Å². The van der Waals surface area contributed by atoms with Crippen LogP contribution < -0.4 is 0 Å². The molecule has 4 heterocycles. The van der Waals surface area contributed by atoms with Crippen molar-refractivity contribution in [2.45, 2.75) is 32.6 Å². The van der Waals surface area contributed by atoms with E-state index in [1.54, 1.807) is 6.07 Å². The summed E-state index contributed by atoms with van der Waals surface area (Å²) in [4.78, 5) is 6.91. The standard InChI is InChI=1S/C22H29FN6O3S/c1-14(2)20-17-5-4-6-18(23)21(17)29(25-20)22-24-19(32-26-22)9-15-7-8-27(10-15)11-16-12-28(13-16)33(3,30)31/h4-6,14-16H,7-13H2,1-3H3/t15-/m1/s1. The first-order valence-corrected chi connectivity index (χ1v) is 13.2. The fourth-order valence-corrected chi connectivity index (χ4v) is 5.86. The van der Waals surface area contributed by atoms with E-state index < -0.39 is 10.0 Å². The molecule has 0 spiro atoms. The maximum Gasteiger partial charge on any atom is 0.291 e. The monoisotopic (exact) mass is 476 g/mol. The summed E-state index contributed by atoms with van der Waals surface area (Å²) in [5.74, 6) is 1.32. The van der Waals surface area contributed by atoms with Crippen molar-refractivity contribution in [1.29, 1.82) is 0 Å². The zero-order valence-electron chi connectivity index (χ0n) is 19.1. The summed E-state index contributed by atoms with van der Waals surface area (Å²) in [5.41, 5.74) is 1.16. The summed E-state index contributed by atoms with van der Waals surface area (Å²) >= 11 is 0. The molecule has 1 atom stereocenters. The van der Waals surface area contributed by atoms with Gasteiger partial charge in [-0.3, -0.25) is 0 Å². The van der Waals surface area contributed by atoms with E-state index in [1.165, 1.54) is 21.3 Å². The second-order valence-electron chi connectivity index (χ2n) is 9.64. The number of para-hydroxylation sites is 1. The quantitative estimate of drug-likeness (QED) is 0.517. The number of benzene rings is 1. The highest BCUT2D eigenvalue weighted by atomic mass is 32.2. The summed E-state index contributed by atoms with van der Waals surface area (Å²) in [6.07, 6.45) is 2.94. The summed E-state index contributed by atoms with van der Waals surface area (Å²) in [6.45, 7) is 8.07. The molecule has 0 N–H and O–H groups in total. The van der Waals surface area contributed by atoms with Gasteiger partial charge in [0.05, 0.1) is 11.9 Å². The third kappa shape index (κ3) is 4.41. The van der Waals surface area contributed by atoms with Gasteiger partial charge in [0, 0.05) is 38.0 Å². The number of halogens is 1. The van der Waals surface area contributed by atoms with Gasteiger partial charge in [0.2, 0.25) is 15.9 Å². The van der Waals surface area contributed by atoms with Crippen LogP contribution in [0.3, 0.4) is 0 Å². The predicted molar refractivity (Wildman–Crippen MR) is 121 cm³/mol. The fourth-order valence-electron chi connectivity index (χ4n) is 4.90. The van der Waals surface area contributed by atoms with E-state index in [4.69, 9.17) is 4.52 Å². The van der Waals surface area contributed by atoms with Crippen molar-refractivity contribution < 1.29 is 17.3 Å². The van der Waals surface area contributed by atoms with E-state index in [9.17, 15) is 12.8 Å². The third-order valence-corrected chi connectivity index (χ3v) is 7.85. The van der Waals surface area contributed by atoms with Crippen LogP contribution in [0.4, 0.5) is 4.39 Å². The molecular weight excluding hydrogens is 447 g/mol. The van der Waals surface area contributed by atoms with E-state index in [0.717, 1.165) is 37.1 Å². The average Bonchev–Trinajstić information content (AvgIpc) is 3.42. The zero-order chi connectivity index (χ0) is 23.3. The summed E-state index contributed by atoms with van der Waals surface area (Å²) in [5, 5.41) is 9.43. The first kappa shape index (κ1) is 22.4. The molecular formula is C22H29FN6O3S. The van der Waals surface area contributed by atoms with Crippen LogP contribution in [0, 0.1) is 17.7 Å². The number of nitrogens with zero attached hydrogens (tertiary/aromatic N) is 6.